The van der Waals surface area contributed by atoms with Gasteiger partial charge in [-0.05, 0) is 61.0 Å². The summed E-state index contributed by atoms with van der Waals surface area (Å²) in [6.07, 6.45) is 5.52. The molecule has 1 aromatic heterocycles. The molecule has 1 aliphatic rings. The van der Waals surface area contributed by atoms with Crippen LogP contribution in [0.25, 0.3) is 0 Å². The van der Waals surface area contributed by atoms with Gasteiger partial charge in [-0.1, -0.05) is 6.07 Å². The van der Waals surface area contributed by atoms with E-state index in [9.17, 15) is 5.11 Å². The SMILES string of the molecule is OC(CCc1cccs1)CC1CCSCC1. The van der Waals surface area contributed by atoms with Gasteiger partial charge in [0.05, 0.1) is 6.10 Å². The number of aryl methyl sites for hydroxylation is 1. The van der Waals surface area contributed by atoms with Gasteiger partial charge in [-0.15, -0.1) is 11.3 Å². The highest BCUT2D eigenvalue weighted by molar-refractivity contribution is 7.99. The summed E-state index contributed by atoms with van der Waals surface area (Å²) in [6, 6.07) is 4.25. The predicted molar refractivity (Wildman–Crippen MR) is 73.3 cm³/mol. The number of rotatable bonds is 5. The monoisotopic (exact) mass is 256 g/mol. The van der Waals surface area contributed by atoms with Gasteiger partial charge < -0.3 is 5.11 Å². The molecule has 1 aromatic rings. The van der Waals surface area contributed by atoms with E-state index in [-0.39, 0.29) is 6.10 Å². The number of hydrogen-bond acceptors (Lipinski definition) is 3. The second-order valence-corrected chi connectivity index (χ2v) is 6.82. The second-order valence-electron chi connectivity index (χ2n) is 4.56. The van der Waals surface area contributed by atoms with Crippen LogP contribution in [0.3, 0.4) is 0 Å². The second kappa shape index (κ2) is 6.67. The van der Waals surface area contributed by atoms with E-state index >= 15 is 0 Å². The number of aliphatic hydroxyl groups is 1. The highest BCUT2D eigenvalue weighted by Crippen LogP contribution is 2.27. The first-order valence-electron chi connectivity index (χ1n) is 6.13. The molecule has 2 heterocycles. The van der Waals surface area contributed by atoms with Crippen molar-refractivity contribution in [1.82, 2.24) is 0 Å². The van der Waals surface area contributed by atoms with Gasteiger partial charge in [-0.3, -0.25) is 0 Å². The molecular weight excluding hydrogens is 236 g/mol. The Kier molecular flexibility index (Phi) is 5.20. The smallest absolute Gasteiger partial charge is 0.0546 e. The molecule has 2 rings (SSSR count). The first-order valence-corrected chi connectivity index (χ1v) is 8.16. The van der Waals surface area contributed by atoms with Crippen LogP contribution in [0, 0.1) is 5.92 Å². The number of hydrogen-bond donors (Lipinski definition) is 1. The third-order valence-corrected chi connectivity index (χ3v) is 5.24. The van der Waals surface area contributed by atoms with Crippen LogP contribution in [-0.4, -0.2) is 22.7 Å². The zero-order valence-electron chi connectivity index (χ0n) is 9.60. The molecule has 0 saturated carbocycles. The van der Waals surface area contributed by atoms with Gasteiger partial charge in [0.15, 0.2) is 0 Å². The zero-order valence-corrected chi connectivity index (χ0v) is 11.2. The molecular formula is C13H20OS2. The van der Waals surface area contributed by atoms with Crippen molar-refractivity contribution in [2.45, 2.75) is 38.2 Å². The van der Waals surface area contributed by atoms with Gasteiger partial charge in [0.2, 0.25) is 0 Å². The third kappa shape index (κ3) is 4.11. The van der Waals surface area contributed by atoms with Gasteiger partial charge in [-0.2, -0.15) is 11.8 Å². The maximum absolute atomic E-state index is 10.00. The molecule has 1 aliphatic heterocycles. The summed E-state index contributed by atoms with van der Waals surface area (Å²) in [4.78, 5) is 1.40. The molecule has 0 aromatic carbocycles. The van der Waals surface area contributed by atoms with Crippen molar-refractivity contribution in [3.63, 3.8) is 0 Å². The normalized spacial score (nSPS) is 19.8. The summed E-state index contributed by atoms with van der Waals surface area (Å²) >= 11 is 3.85. The Morgan fingerprint density at radius 2 is 2.19 bits per heavy atom. The molecule has 0 spiro atoms. The lowest BCUT2D eigenvalue weighted by Crippen LogP contribution is -2.18. The van der Waals surface area contributed by atoms with Crippen LogP contribution in [0.15, 0.2) is 17.5 Å². The van der Waals surface area contributed by atoms with Crippen LogP contribution < -0.4 is 0 Å². The molecule has 1 nitrogen and oxygen atoms in total. The predicted octanol–water partition coefficient (Wildman–Crippen LogP) is 3.57. The van der Waals surface area contributed by atoms with E-state index in [2.05, 4.69) is 29.3 Å². The van der Waals surface area contributed by atoms with Crippen molar-refractivity contribution in [3.05, 3.63) is 22.4 Å². The van der Waals surface area contributed by atoms with Crippen LogP contribution in [0.5, 0.6) is 0 Å². The van der Waals surface area contributed by atoms with Crippen LogP contribution in [0.2, 0.25) is 0 Å². The Labute approximate surface area is 106 Å². The molecule has 16 heavy (non-hydrogen) atoms. The number of aliphatic hydroxyl groups excluding tert-OH is 1. The van der Waals surface area contributed by atoms with Crippen molar-refractivity contribution in [2.75, 3.05) is 11.5 Å². The summed E-state index contributed by atoms with van der Waals surface area (Å²) in [5, 5.41) is 12.1. The van der Waals surface area contributed by atoms with Gasteiger partial charge in [-0.25, -0.2) is 0 Å². The third-order valence-electron chi connectivity index (χ3n) is 3.25. The molecule has 1 fully saturated rings. The van der Waals surface area contributed by atoms with E-state index in [1.165, 1.54) is 29.2 Å². The van der Waals surface area contributed by atoms with E-state index in [1.807, 2.05) is 0 Å². The maximum Gasteiger partial charge on any atom is 0.0546 e. The number of thioether (sulfide) groups is 1. The zero-order chi connectivity index (χ0) is 11.2. The van der Waals surface area contributed by atoms with Crippen LogP contribution in [0.1, 0.15) is 30.6 Å². The first kappa shape index (κ1) is 12.5. The number of thiophene rings is 1. The highest BCUT2D eigenvalue weighted by Gasteiger charge is 2.17. The average molecular weight is 256 g/mol. The minimum absolute atomic E-state index is 0.0878. The van der Waals surface area contributed by atoms with Gasteiger partial charge in [0, 0.05) is 4.88 Å². The quantitative estimate of drug-likeness (QED) is 0.869. The van der Waals surface area contributed by atoms with Crippen molar-refractivity contribution < 1.29 is 5.11 Å². The molecule has 1 N–H and O–H groups in total. The van der Waals surface area contributed by atoms with Crippen molar-refractivity contribution in [3.8, 4) is 0 Å². The summed E-state index contributed by atoms with van der Waals surface area (Å²) < 4.78 is 0. The molecule has 0 amide bonds. The van der Waals surface area contributed by atoms with Gasteiger partial charge in [0.1, 0.15) is 0 Å². The molecule has 1 unspecified atom stereocenters. The Hall–Kier alpha value is 0.01000. The maximum atomic E-state index is 10.00. The molecule has 0 aliphatic carbocycles. The lowest BCUT2D eigenvalue weighted by atomic mass is 9.94. The first-order chi connectivity index (χ1) is 7.84. The average Bonchev–Trinajstić information content (AvgIpc) is 2.81. The summed E-state index contributed by atoms with van der Waals surface area (Å²) in [5.74, 6) is 3.37. The van der Waals surface area contributed by atoms with E-state index in [0.717, 1.165) is 25.2 Å². The fraction of sp³-hybridized carbons (Fsp3) is 0.692. The van der Waals surface area contributed by atoms with Crippen LogP contribution in [0.4, 0.5) is 0 Å². The lowest BCUT2D eigenvalue weighted by Gasteiger charge is -2.23. The van der Waals surface area contributed by atoms with Gasteiger partial charge >= 0.3 is 0 Å². The lowest BCUT2D eigenvalue weighted by molar-refractivity contribution is 0.131. The Bertz CT molecular complexity index is 278. The summed E-state index contributed by atoms with van der Waals surface area (Å²) in [5.41, 5.74) is 0. The van der Waals surface area contributed by atoms with Crippen LogP contribution in [-0.2, 0) is 6.42 Å². The summed E-state index contributed by atoms with van der Waals surface area (Å²) in [7, 11) is 0. The standard InChI is InChI=1S/C13H20OS2/c14-12(3-4-13-2-1-7-16-13)10-11-5-8-15-9-6-11/h1-2,7,11-12,14H,3-6,8-10H2. The molecule has 3 heteroatoms. The minimum atomic E-state index is -0.0878. The fourth-order valence-electron chi connectivity index (χ4n) is 2.25. The van der Waals surface area contributed by atoms with Crippen molar-refractivity contribution >= 4 is 23.1 Å². The Balaban J connectivity index is 1.65. The Morgan fingerprint density at radius 1 is 1.38 bits per heavy atom. The minimum Gasteiger partial charge on any atom is -0.393 e. The van der Waals surface area contributed by atoms with E-state index in [0.29, 0.717) is 0 Å². The van der Waals surface area contributed by atoms with E-state index in [1.54, 1.807) is 11.3 Å². The van der Waals surface area contributed by atoms with Crippen molar-refractivity contribution in [1.29, 1.82) is 0 Å². The van der Waals surface area contributed by atoms with E-state index < -0.39 is 0 Å². The molecule has 90 valence electrons. The van der Waals surface area contributed by atoms with Crippen LogP contribution >= 0.6 is 23.1 Å². The van der Waals surface area contributed by atoms with Crippen molar-refractivity contribution in [2.24, 2.45) is 5.92 Å². The van der Waals surface area contributed by atoms with E-state index in [4.69, 9.17) is 0 Å². The Morgan fingerprint density at radius 3 is 2.88 bits per heavy atom. The molecule has 1 atom stereocenters. The fourth-order valence-corrected chi connectivity index (χ4v) is 4.18. The molecule has 0 radical (unpaired) electrons. The highest BCUT2D eigenvalue weighted by atomic mass is 32.2. The van der Waals surface area contributed by atoms with Gasteiger partial charge in [0.25, 0.3) is 0 Å². The summed E-state index contributed by atoms with van der Waals surface area (Å²) in [6.45, 7) is 0. The molecule has 0 bridgehead atoms. The largest absolute Gasteiger partial charge is 0.393 e. The molecule has 1 saturated heterocycles. The topological polar surface area (TPSA) is 20.2 Å².